The Morgan fingerprint density at radius 3 is 2.61 bits per heavy atom. The summed E-state index contributed by atoms with van der Waals surface area (Å²) in [6, 6.07) is 3.99. The Morgan fingerprint density at radius 2 is 2.04 bits per heavy atom. The van der Waals surface area contributed by atoms with Crippen LogP contribution in [0.1, 0.15) is 37.6 Å². The number of benzene rings is 1. The average Bonchev–Trinajstić information content (AvgIpc) is 2.46. The summed E-state index contributed by atoms with van der Waals surface area (Å²) in [6.07, 6.45) is 0.433. The lowest BCUT2D eigenvalue weighted by Gasteiger charge is -2.15. The van der Waals surface area contributed by atoms with Crippen molar-refractivity contribution in [2.24, 2.45) is 0 Å². The van der Waals surface area contributed by atoms with Crippen LogP contribution in [0.5, 0.6) is 5.75 Å². The van der Waals surface area contributed by atoms with Crippen molar-refractivity contribution < 1.29 is 23.1 Å². The van der Waals surface area contributed by atoms with Crippen LogP contribution in [0.25, 0.3) is 0 Å². The summed E-state index contributed by atoms with van der Waals surface area (Å²) in [5, 5.41) is 11.3. The number of sulfonamides is 1. The van der Waals surface area contributed by atoms with E-state index in [1.807, 2.05) is 0 Å². The van der Waals surface area contributed by atoms with Crippen molar-refractivity contribution in [1.29, 1.82) is 0 Å². The normalized spacial score (nSPS) is 11.5. The number of hydrogen-bond acceptors (Lipinski definition) is 5. The van der Waals surface area contributed by atoms with E-state index in [1.165, 1.54) is 18.2 Å². The predicted molar refractivity (Wildman–Crippen MR) is 87.1 cm³/mol. The van der Waals surface area contributed by atoms with E-state index in [0.29, 0.717) is 19.6 Å². The Morgan fingerprint density at radius 1 is 1.35 bits per heavy atom. The van der Waals surface area contributed by atoms with Crippen molar-refractivity contribution in [3.8, 4) is 5.75 Å². The molecule has 1 amide bonds. The van der Waals surface area contributed by atoms with E-state index in [1.54, 1.807) is 20.8 Å². The molecular formula is C15H24N2O5S. The van der Waals surface area contributed by atoms with Crippen LogP contribution in [-0.2, 0) is 10.0 Å². The maximum absolute atomic E-state index is 12.4. The molecule has 0 saturated heterocycles. The van der Waals surface area contributed by atoms with Gasteiger partial charge in [0.2, 0.25) is 10.0 Å². The minimum atomic E-state index is -3.79. The molecule has 0 fully saturated rings. The first-order chi connectivity index (χ1) is 10.8. The molecule has 0 bridgehead atoms. The highest BCUT2D eigenvalue weighted by Gasteiger charge is 2.22. The van der Waals surface area contributed by atoms with E-state index >= 15 is 0 Å². The third-order valence-electron chi connectivity index (χ3n) is 2.81. The van der Waals surface area contributed by atoms with Gasteiger partial charge in [0.05, 0.1) is 6.61 Å². The van der Waals surface area contributed by atoms with Crippen LogP contribution in [-0.4, -0.2) is 45.2 Å². The topological polar surface area (TPSA) is 105 Å². The molecule has 0 aromatic heterocycles. The molecule has 0 atom stereocenters. The number of nitrogens with one attached hydrogen (secondary N) is 2. The maximum Gasteiger partial charge on any atom is 0.251 e. The number of rotatable bonds is 9. The summed E-state index contributed by atoms with van der Waals surface area (Å²) in [5.74, 6) is -0.199. The molecule has 1 rings (SSSR count). The van der Waals surface area contributed by atoms with Crippen LogP contribution in [0, 0.1) is 0 Å². The highest BCUT2D eigenvalue weighted by molar-refractivity contribution is 7.89. The molecule has 0 aliphatic rings. The number of amides is 1. The number of hydrogen-bond donors (Lipinski definition) is 3. The molecule has 0 heterocycles. The lowest BCUT2D eigenvalue weighted by atomic mass is 10.2. The van der Waals surface area contributed by atoms with Gasteiger partial charge < -0.3 is 15.2 Å². The van der Waals surface area contributed by atoms with Crippen molar-refractivity contribution >= 4 is 15.9 Å². The number of ether oxygens (including phenoxy) is 1. The first-order valence-corrected chi connectivity index (χ1v) is 8.98. The molecule has 0 spiro atoms. The Bertz CT molecular complexity index is 629. The van der Waals surface area contributed by atoms with Gasteiger partial charge in [-0.3, -0.25) is 4.79 Å². The van der Waals surface area contributed by atoms with Crippen molar-refractivity contribution in [2.75, 3.05) is 19.8 Å². The maximum atomic E-state index is 12.4. The fourth-order valence-electron chi connectivity index (χ4n) is 1.89. The van der Waals surface area contributed by atoms with Crippen molar-refractivity contribution in [1.82, 2.24) is 10.0 Å². The van der Waals surface area contributed by atoms with E-state index in [9.17, 15) is 13.2 Å². The second-order valence-electron chi connectivity index (χ2n) is 5.20. The van der Waals surface area contributed by atoms with Gasteiger partial charge in [0.1, 0.15) is 10.6 Å². The zero-order valence-electron chi connectivity index (χ0n) is 13.6. The molecular weight excluding hydrogens is 320 g/mol. The molecule has 0 unspecified atom stereocenters. The monoisotopic (exact) mass is 344 g/mol. The Kier molecular flexibility index (Phi) is 7.47. The predicted octanol–water partition coefficient (Wildman–Crippen LogP) is 0.884. The number of carbonyl (C=O) groups excluding carboxylic acids is 1. The molecule has 0 aliphatic carbocycles. The smallest absolute Gasteiger partial charge is 0.251 e. The first-order valence-electron chi connectivity index (χ1n) is 7.50. The SMILES string of the molecule is CCOc1ccc(C(=O)NCCCO)cc1S(=O)(=O)NC(C)C. The molecule has 7 nitrogen and oxygen atoms in total. The zero-order valence-corrected chi connectivity index (χ0v) is 14.4. The van der Waals surface area contributed by atoms with Gasteiger partial charge in [-0.1, -0.05) is 0 Å². The van der Waals surface area contributed by atoms with Crippen LogP contribution in [0.2, 0.25) is 0 Å². The third kappa shape index (κ3) is 5.81. The summed E-state index contributed by atoms with van der Waals surface area (Å²) < 4.78 is 32.7. The van der Waals surface area contributed by atoms with Crippen LogP contribution in [0.4, 0.5) is 0 Å². The summed E-state index contributed by atoms with van der Waals surface area (Å²) in [4.78, 5) is 12.0. The van der Waals surface area contributed by atoms with Crippen LogP contribution < -0.4 is 14.8 Å². The standard InChI is InChI=1S/C15H24N2O5S/c1-4-22-13-7-6-12(15(19)16-8-5-9-18)10-14(13)23(20,21)17-11(2)3/h6-7,10-11,17-18H,4-5,8-9H2,1-3H3,(H,16,19). The van der Waals surface area contributed by atoms with Crippen LogP contribution >= 0.6 is 0 Å². The summed E-state index contributed by atoms with van der Waals surface area (Å²) in [6.45, 7) is 5.77. The summed E-state index contributed by atoms with van der Waals surface area (Å²) in [7, 11) is -3.79. The summed E-state index contributed by atoms with van der Waals surface area (Å²) in [5.41, 5.74) is 0.218. The second kappa shape index (κ2) is 8.85. The van der Waals surface area contributed by atoms with Gasteiger partial charge in [0.15, 0.2) is 0 Å². The number of aliphatic hydroxyl groups is 1. The molecule has 8 heteroatoms. The quantitative estimate of drug-likeness (QED) is 0.577. The fraction of sp³-hybridized carbons (Fsp3) is 0.533. The van der Waals surface area contributed by atoms with Gasteiger partial charge in [0.25, 0.3) is 5.91 Å². The first kappa shape index (κ1) is 19.4. The van der Waals surface area contributed by atoms with Crippen LogP contribution in [0.3, 0.4) is 0 Å². The van der Waals surface area contributed by atoms with E-state index in [0.717, 1.165) is 0 Å². The van der Waals surface area contributed by atoms with Gasteiger partial charge in [-0.25, -0.2) is 13.1 Å². The van der Waals surface area contributed by atoms with Gasteiger partial charge in [0, 0.05) is 24.8 Å². The van der Waals surface area contributed by atoms with E-state index in [4.69, 9.17) is 9.84 Å². The van der Waals surface area contributed by atoms with Gasteiger partial charge >= 0.3 is 0 Å². The number of carbonyl (C=O) groups is 1. The van der Waals surface area contributed by atoms with Gasteiger partial charge in [-0.2, -0.15) is 0 Å². The average molecular weight is 344 g/mol. The third-order valence-corrected chi connectivity index (χ3v) is 4.49. The van der Waals surface area contributed by atoms with Crippen molar-refractivity contribution in [3.05, 3.63) is 23.8 Å². The second-order valence-corrected chi connectivity index (χ2v) is 6.89. The highest BCUT2D eigenvalue weighted by Crippen LogP contribution is 2.25. The highest BCUT2D eigenvalue weighted by atomic mass is 32.2. The van der Waals surface area contributed by atoms with E-state index < -0.39 is 15.9 Å². The molecule has 1 aromatic rings. The fourth-order valence-corrected chi connectivity index (χ4v) is 3.31. The lowest BCUT2D eigenvalue weighted by Crippen LogP contribution is -2.31. The molecule has 130 valence electrons. The molecule has 23 heavy (non-hydrogen) atoms. The zero-order chi connectivity index (χ0) is 17.5. The van der Waals surface area contributed by atoms with E-state index in [-0.39, 0.29) is 28.9 Å². The summed E-state index contributed by atoms with van der Waals surface area (Å²) >= 11 is 0. The Hall–Kier alpha value is -1.64. The minimum absolute atomic E-state index is 0.0263. The number of aliphatic hydroxyl groups excluding tert-OH is 1. The largest absolute Gasteiger partial charge is 0.492 e. The van der Waals surface area contributed by atoms with E-state index in [2.05, 4.69) is 10.0 Å². The molecule has 0 saturated carbocycles. The van der Waals surface area contributed by atoms with Crippen LogP contribution in [0.15, 0.2) is 23.1 Å². The minimum Gasteiger partial charge on any atom is -0.492 e. The molecule has 1 aromatic carbocycles. The molecule has 0 radical (unpaired) electrons. The molecule has 3 N–H and O–H groups in total. The Labute approximate surface area is 137 Å². The lowest BCUT2D eigenvalue weighted by molar-refractivity contribution is 0.0951. The Balaban J connectivity index is 3.15. The van der Waals surface area contributed by atoms with Gasteiger partial charge in [-0.15, -0.1) is 0 Å². The van der Waals surface area contributed by atoms with Crippen molar-refractivity contribution in [2.45, 2.75) is 38.1 Å². The van der Waals surface area contributed by atoms with Crippen molar-refractivity contribution in [3.63, 3.8) is 0 Å². The van der Waals surface area contributed by atoms with Gasteiger partial charge in [-0.05, 0) is 45.4 Å². The molecule has 0 aliphatic heterocycles.